The van der Waals surface area contributed by atoms with Gasteiger partial charge < -0.3 is 14.0 Å². The first kappa shape index (κ1) is 34.1. The van der Waals surface area contributed by atoms with Gasteiger partial charge in [-0.05, 0) is 60.5 Å². The highest BCUT2D eigenvalue weighted by Crippen LogP contribution is 2.27. The maximum atomic E-state index is 14.1. The molecule has 1 saturated heterocycles. The number of hydrogen-bond acceptors (Lipinski definition) is 10. The Bertz CT molecular complexity index is 2390. The van der Waals surface area contributed by atoms with Gasteiger partial charge in [0.05, 0.1) is 10.9 Å². The molecular formula is C38H35N5O6S2. The average Bonchev–Trinajstić information content (AvgIpc) is 3.16. The first-order chi connectivity index (χ1) is 24.7. The summed E-state index contributed by atoms with van der Waals surface area (Å²) in [6.07, 6.45) is 6.43. The third-order valence-corrected chi connectivity index (χ3v) is 11.9. The summed E-state index contributed by atoms with van der Waals surface area (Å²) in [6, 6.07) is 28.7. The molecule has 0 saturated carbocycles. The fraction of sp³-hybridized carbons (Fsp3) is 0.184. The van der Waals surface area contributed by atoms with Crippen LogP contribution in [0.5, 0.6) is 5.75 Å². The van der Waals surface area contributed by atoms with Crippen molar-refractivity contribution < 1.29 is 25.8 Å². The van der Waals surface area contributed by atoms with E-state index in [1.165, 1.54) is 24.4 Å². The van der Waals surface area contributed by atoms with Gasteiger partial charge in [0.25, 0.3) is 0 Å². The van der Waals surface area contributed by atoms with Gasteiger partial charge in [-0.2, -0.15) is 8.42 Å². The van der Waals surface area contributed by atoms with E-state index in [-0.39, 0.29) is 27.9 Å². The highest BCUT2D eigenvalue weighted by Gasteiger charge is 2.30. The van der Waals surface area contributed by atoms with Crippen LogP contribution in [0.3, 0.4) is 0 Å². The minimum Gasteiger partial charge on any atom is -0.379 e. The molecule has 260 valence electrons. The number of anilines is 1. The second kappa shape index (κ2) is 14.5. The van der Waals surface area contributed by atoms with Crippen molar-refractivity contribution in [2.75, 3.05) is 37.0 Å². The van der Waals surface area contributed by atoms with Crippen LogP contribution in [-0.4, -0.2) is 75.7 Å². The number of benzene rings is 4. The molecule has 51 heavy (non-hydrogen) atoms. The molecule has 13 heteroatoms. The minimum atomic E-state index is -4.17. The molecule has 11 nitrogen and oxygen atoms in total. The molecule has 1 aliphatic rings. The molecule has 1 N–H and O–H groups in total. The lowest BCUT2D eigenvalue weighted by molar-refractivity contribution is -0.133. The van der Waals surface area contributed by atoms with E-state index in [1.807, 2.05) is 30.3 Å². The second-order valence-corrected chi connectivity index (χ2v) is 15.7. The van der Waals surface area contributed by atoms with Crippen LogP contribution in [0.1, 0.15) is 5.56 Å². The summed E-state index contributed by atoms with van der Waals surface area (Å²) in [5.74, 6) is -0.575. The van der Waals surface area contributed by atoms with Crippen molar-refractivity contribution in [1.82, 2.24) is 20.2 Å². The molecule has 0 spiro atoms. The van der Waals surface area contributed by atoms with Crippen molar-refractivity contribution in [3.05, 3.63) is 133 Å². The number of carbonyl (C=O) groups is 1. The van der Waals surface area contributed by atoms with Gasteiger partial charge >= 0.3 is 10.1 Å². The van der Waals surface area contributed by atoms with Crippen molar-refractivity contribution in [2.45, 2.75) is 22.3 Å². The van der Waals surface area contributed by atoms with Crippen LogP contribution in [0.15, 0.2) is 138 Å². The number of aromatic nitrogens is 2. The zero-order valence-corrected chi connectivity index (χ0v) is 29.1. The van der Waals surface area contributed by atoms with Crippen LogP contribution >= 0.6 is 0 Å². The number of rotatable bonds is 11. The number of fused-ring (bicyclic) bond motifs is 2. The monoisotopic (exact) mass is 721 g/mol. The lowest BCUT2D eigenvalue weighted by Crippen LogP contribution is -2.55. The van der Waals surface area contributed by atoms with Gasteiger partial charge in [-0.25, -0.2) is 8.42 Å². The van der Waals surface area contributed by atoms with Crippen LogP contribution < -0.4 is 14.4 Å². The predicted molar refractivity (Wildman–Crippen MR) is 196 cm³/mol. The zero-order valence-electron chi connectivity index (χ0n) is 27.5. The number of piperazine rings is 1. The van der Waals surface area contributed by atoms with E-state index in [0.29, 0.717) is 53.3 Å². The lowest BCUT2D eigenvalue weighted by Gasteiger charge is -2.37. The first-order valence-corrected chi connectivity index (χ1v) is 19.5. The maximum absolute atomic E-state index is 14.1. The molecule has 0 bridgehead atoms. The predicted octanol–water partition coefficient (Wildman–Crippen LogP) is 4.83. The van der Waals surface area contributed by atoms with E-state index in [4.69, 9.17) is 4.18 Å². The van der Waals surface area contributed by atoms with E-state index < -0.39 is 31.9 Å². The molecule has 7 rings (SSSR count). The van der Waals surface area contributed by atoms with Gasteiger partial charge in [0.2, 0.25) is 5.91 Å². The summed E-state index contributed by atoms with van der Waals surface area (Å²) >= 11 is 0. The molecule has 1 amide bonds. The lowest BCUT2D eigenvalue weighted by atomic mass is 10.0. The largest absolute Gasteiger partial charge is 0.379 e. The maximum Gasteiger partial charge on any atom is 0.339 e. The SMILES string of the molecule is O=C(C(Cc1ccc(OS(=O)(=O)c2cccc3cnccc23)cc1)NCS(=O)(=O)c1cccc2cnccc12)N1CCN(c2ccccc2)CC1. The summed E-state index contributed by atoms with van der Waals surface area (Å²) in [6.45, 7) is 2.23. The van der Waals surface area contributed by atoms with Crippen molar-refractivity contribution in [3.8, 4) is 5.75 Å². The van der Waals surface area contributed by atoms with Gasteiger partial charge in [-0.3, -0.25) is 20.1 Å². The van der Waals surface area contributed by atoms with E-state index in [1.54, 1.807) is 78.1 Å². The number of para-hydroxylation sites is 1. The number of pyridine rings is 2. The third-order valence-electron chi connectivity index (χ3n) is 8.99. The van der Waals surface area contributed by atoms with Crippen LogP contribution in [-0.2, 0) is 31.2 Å². The highest BCUT2D eigenvalue weighted by molar-refractivity contribution is 7.91. The van der Waals surface area contributed by atoms with E-state index >= 15 is 0 Å². The molecule has 3 heterocycles. The normalized spacial score (nSPS) is 14.4. The fourth-order valence-electron chi connectivity index (χ4n) is 6.34. The molecule has 0 radical (unpaired) electrons. The quantitative estimate of drug-likeness (QED) is 0.185. The molecule has 1 atom stereocenters. The average molecular weight is 722 g/mol. The Kier molecular flexibility index (Phi) is 9.67. The molecule has 0 aliphatic carbocycles. The van der Waals surface area contributed by atoms with Crippen LogP contribution in [0.2, 0.25) is 0 Å². The van der Waals surface area contributed by atoms with Gasteiger partial charge in [0, 0.05) is 78.2 Å². The summed E-state index contributed by atoms with van der Waals surface area (Å²) in [5, 5.41) is 5.48. The summed E-state index contributed by atoms with van der Waals surface area (Å²) in [5.41, 5.74) is 1.77. The molecular weight excluding hydrogens is 687 g/mol. The number of amides is 1. The van der Waals surface area contributed by atoms with Crippen molar-refractivity contribution >= 4 is 53.1 Å². The first-order valence-electron chi connectivity index (χ1n) is 16.4. The number of nitrogens with one attached hydrogen (secondary N) is 1. The molecule has 4 aromatic carbocycles. The van der Waals surface area contributed by atoms with Gasteiger partial charge in [-0.15, -0.1) is 0 Å². The third kappa shape index (κ3) is 7.55. The molecule has 6 aromatic rings. The number of nitrogens with zero attached hydrogens (tertiary/aromatic N) is 4. The zero-order chi connectivity index (χ0) is 35.4. The molecule has 1 fully saturated rings. The Labute approximate surface area is 296 Å². The van der Waals surface area contributed by atoms with Gasteiger partial charge in [0.1, 0.15) is 16.5 Å². The fourth-order valence-corrected chi connectivity index (χ4v) is 8.88. The molecule has 2 aromatic heterocycles. The number of carbonyl (C=O) groups excluding carboxylic acids is 1. The van der Waals surface area contributed by atoms with Crippen LogP contribution in [0.25, 0.3) is 21.5 Å². The van der Waals surface area contributed by atoms with Crippen molar-refractivity contribution in [1.29, 1.82) is 0 Å². The molecule has 1 aliphatic heterocycles. The Balaban J connectivity index is 1.10. The summed E-state index contributed by atoms with van der Waals surface area (Å²) < 4.78 is 59.4. The Morgan fingerprint density at radius 3 is 1.96 bits per heavy atom. The van der Waals surface area contributed by atoms with Gasteiger partial charge in [0.15, 0.2) is 9.84 Å². The Morgan fingerprint density at radius 1 is 0.706 bits per heavy atom. The van der Waals surface area contributed by atoms with E-state index in [2.05, 4.69) is 20.2 Å². The standard InChI is InChI=1S/C38H35N5O6S2/c44-38(43-22-20-42(21-23-43)31-8-2-1-3-9-31)35(41-27-50(45,46)36-10-4-6-29-25-39-18-16-33(29)36)24-28-12-14-32(15-13-28)49-51(47,48)37-11-5-7-30-26-40-19-17-34(30)37/h1-19,25-26,35,41H,20-24,27H2. The van der Waals surface area contributed by atoms with Gasteiger partial charge in [-0.1, -0.05) is 54.6 Å². The smallest absolute Gasteiger partial charge is 0.339 e. The molecule has 1 unspecified atom stereocenters. The van der Waals surface area contributed by atoms with Crippen molar-refractivity contribution in [3.63, 3.8) is 0 Å². The summed E-state index contributed by atoms with van der Waals surface area (Å²) in [7, 11) is -8.03. The topological polar surface area (TPSA) is 139 Å². The number of hydrogen-bond donors (Lipinski definition) is 1. The van der Waals surface area contributed by atoms with E-state index in [0.717, 1.165) is 5.69 Å². The number of sulfone groups is 1. The highest BCUT2D eigenvalue weighted by atomic mass is 32.2. The Hall–Kier alpha value is -5.37. The Morgan fingerprint density at radius 2 is 1.31 bits per heavy atom. The van der Waals surface area contributed by atoms with Crippen LogP contribution in [0, 0.1) is 0 Å². The van der Waals surface area contributed by atoms with E-state index in [9.17, 15) is 21.6 Å². The van der Waals surface area contributed by atoms with Crippen molar-refractivity contribution in [2.24, 2.45) is 0 Å². The summed E-state index contributed by atoms with van der Waals surface area (Å²) in [4.78, 5) is 26.4. The minimum absolute atomic E-state index is 0.0253. The second-order valence-electron chi connectivity index (χ2n) is 12.3. The van der Waals surface area contributed by atoms with Crippen LogP contribution in [0.4, 0.5) is 5.69 Å².